The van der Waals surface area contributed by atoms with E-state index in [4.69, 9.17) is 4.74 Å². The van der Waals surface area contributed by atoms with Gasteiger partial charge in [-0.2, -0.15) is 0 Å². The molecule has 3 heteroatoms. The van der Waals surface area contributed by atoms with Gasteiger partial charge in [0.1, 0.15) is 0 Å². The van der Waals surface area contributed by atoms with Crippen LogP contribution in [0.3, 0.4) is 0 Å². The highest BCUT2D eigenvalue weighted by Crippen LogP contribution is 2.45. The smallest absolute Gasteiger partial charge is 0.313 e. The van der Waals surface area contributed by atoms with Gasteiger partial charge in [-0.05, 0) is 32.7 Å². The van der Waals surface area contributed by atoms with Crippen LogP contribution < -0.4 is 5.32 Å². The molecule has 2 unspecified atom stereocenters. The number of esters is 1. The molecule has 2 fully saturated rings. The van der Waals surface area contributed by atoms with Gasteiger partial charge in [-0.1, -0.05) is 6.42 Å². The van der Waals surface area contributed by atoms with Crippen LogP contribution in [0.4, 0.5) is 0 Å². The Morgan fingerprint density at radius 1 is 1.62 bits per heavy atom. The van der Waals surface area contributed by atoms with E-state index in [0.717, 1.165) is 32.2 Å². The molecule has 0 bridgehead atoms. The molecule has 0 aromatic carbocycles. The Hall–Kier alpha value is -0.570. The Morgan fingerprint density at radius 2 is 2.46 bits per heavy atom. The molecule has 74 valence electrons. The van der Waals surface area contributed by atoms with Gasteiger partial charge in [-0.15, -0.1) is 0 Å². The van der Waals surface area contributed by atoms with E-state index in [2.05, 4.69) is 5.32 Å². The number of carbonyl (C=O) groups excluding carboxylic acids is 1. The minimum Gasteiger partial charge on any atom is -0.466 e. The highest BCUT2D eigenvalue weighted by atomic mass is 16.5. The molecule has 1 saturated carbocycles. The molecule has 1 N–H and O–H groups in total. The summed E-state index contributed by atoms with van der Waals surface area (Å²) in [5.74, 6) is 0.0301. The predicted molar refractivity (Wildman–Crippen MR) is 49.3 cm³/mol. The molecule has 2 rings (SSSR count). The van der Waals surface area contributed by atoms with Crippen LogP contribution in [-0.4, -0.2) is 25.2 Å². The summed E-state index contributed by atoms with van der Waals surface area (Å²) in [6, 6.07) is 0.395. The fraction of sp³-hybridized carbons (Fsp3) is 0.900. The lowest BCUT2D eigenvalue weighted by molar-refractivity contribution is -0.155. The molecular formula is C10H17NO2. The average molecular weight is 183 g/mol. The van der Waals surface area contributed by atoms with E-state index in [-0.39, 0.29) is 11.4 Å². The fourth-order valence-electron chi connectivity index (χ4n) is 2.76. The lowest BCUT2D eigenvalue weighted by Crippen LogP contribution is -2.39. The number of fused-ring (bicyclic) bond motifs is 1. The van der Waals surface area contributed by atoms with Gasteiger partial charge in [0.05, 0.1) is 12.0 Å². The van der Waals surface area contributed by atoms with Crippen LogP contribution in [0.5, 0.6) is 0 Å². The summed E-state index contributed by atoms with van der Waals surface area (Å²) in [6.45, 7) is 3.36. The zero-order chi connectivity index (χ0) is 9.31. The third-order valence-corrected chi connectivity index (χ3v) is 3.43. The van der Waals surface area contributed by atoms with Crippen molar-refractivity contribution in [2.24, 2.45) is 5.41 Å². The van der Waals surface area contributed by atoms with E-state index >= 15 is 0 Å². The van der Waals surface area contributed by atoms with E-state index in [0.29, 0.717) is 12.6 Å². The van der Waals surface area contributed by atoms with Crippen LogP contribution >= 0.6 is 0 Å². The highest BCUT2D eigenvalue weighted by molar-refractivity contribution is 5.78. The normalized spacial score (nSPS) is 37.5. The zero-order valence-corrected chi connectivity index (χ0v) is 8.14. The predicted octanol–water partition coefficient (Wildman–Crippen LogP) is 1.08. The van der Waals surface area contributed by atoms with Gasteiger partial charge < -0.3 is 10.1 Å². The largest absolute Gasteiger partial charge is 0.466 e. The van der Waals surface area contributed by atoms with Crippen LogP contribution in [0, 0.1) is 5.41 Å². The average Bonchev–Trinajstić information content (AvgIpc) is 2.61. The SMILES string of the molecule is CCOC(=O)C12CCCC1NCC2. The van der Waals surface area contributed by atoms with E-state index in [1.807, 2.05) is 6.92 Å². The number of nitrogens with one attached hydrogen (secondary N) is 1. The van der Waals surface area contributed by atoms with Crippen molar-refractivity contribution >= 4 is 5.97 Å². The second kappa shape index (κ2) is 3.29. The first-order valence-corrected chi connectivity index (χ1v) is 5.20. The summed E-state index contributed by atoms with van der Waals surface area (Å²) < 4.78 is 5.15. The van der Waals surface area contributed by atoms with Crippen molar-refractivity contribution in [3.8, 4) is 0 Å². The van der Waals surface area contributed by atoms with Crippen molar-refractivity contribution in [2.75, 3.05) is 13.2 Å². The molecular weight excluding hydrogens is 166 g/mol. The van der Waals surface area contributed by atoms with E-state index < -0.39 is 0 Å². The molecule has 1 aliphatic heterocycles. The van der Waals surface area contributed by atoms with Crippen LogP contribution in [0.15, 0.2) is 0 Å². The van der Waals surface area contributed by atoms with Crippen LogP contribution in [0.1, 0.15) is 32.6 Å². The van der Waals surface area contributed by atoms with Crippen LogP contribution in [-0.2, 0) is 9.53 Å². The Balaban J connectivity index is 2.12. The van der Waals surface area contributed by atoms with Gasteiger partial charge in [0.25, 0.3) is 0 Å². The molecule has 2 aliphatic rings. The number of rotatable bonds is 2. The van der Waals surface area contributed by atoms with Crippen molar-refractivity contribution in [1.29, 1.82) is 0 Å². The van der Waals surface area contributed by atoms with Crippen molar-refractivity contribution in [3.63, 3.8) is 0 Å². The Bertz CT molecular complexity index is 205. The Morgan fingerprint density at radius 3 is 3.23 bits per heavy atom. The molecule has 1 aliphatic carbocycles. The van der Waals surface area contributed by atoms with Gasteiger partial charge in [0.15, 0.2) is 0 Å². The maximum absolute atomic E-state index is 11.8. The first-order chi connectivity index (χ1) is 6.29. The van der Waals surface area contributed by atoms with E-state index in [1.165, 1.54) is 0 Å². The van der Waals surface area contributed by atoms with E-state index in [1.54, 1.807) is 0 Å². The molecule has 2 atom stereocenters. The second-order valence-electron chi connectivity index (χ2n) is 4.03. The Labute approximate surface area is 78.8 Å². The van der Waals surface area contributed by atoms with Gasteiger partial charge in [-0.25, -0.2) is 0 Å². The minimum absolute atomic E-state index is 0.0301. The highest BCUT2D eigenvalue weighted by Gasteiger charge is 2.52. The van der Waals surface area contributed by atoms with Crippen molar-refractivity contribution < 1.29 is 9.53 Å². The summed E-state index contributed by atoms with van der Waals surface area (Å²) in [5.41, 5.74) is -0.157. The molecule has 0 amide bonds. The summed E-state index contributed by atoms with van der Waals surface area (Å²) >= 11 is 0. The summed E-state index contributed by atoms with van der Waals surface area (Å²) in [7, 11) is 0. The summed E-state index contributed by atoms with van der Waals surface area (Å²) in [5, 5.41) is 3.40. The van der Waals surface area contributed by atoms with Crippen LogP contribution in [0.2, 0.25) is 0 Å². The van der Waals surface area contributed by atoms with Crippen LogP contribution in [0.25, 0.3) is 0 Å². The summed E-state index contributed by atoms with van der Waals surface area (Å²) in [4.78, 5) is 11.8. The number of hydrogen-bond donors (Lipinski definition) is 1. The number of hydrogen-bond acceptors (Lipinski definition) is 3. The van der Waals surface area contributed by atoms with Crippen molar-refractivity contribution in [3.05, 3.63) is 0 Å². The van der Waals surface area contributed by atoms with Gasteiger partial charge in [0.2, 0.25) is 0 Å². The third kappa shape index (κ3) is 1.26. The fourth-order valence-corrected chi connectivity index (χ4v) is 2.76. The number of ether oxygens (including phenoxy) is 1. The lowest BCUT2D eigenvalue weighted by Gasteiger charge is -2.25. The topological polar surface area (TPSA) is 38.3 Å². The molecule has 0 aromatic rings. The minimum atomic E-state index is -0.157. The molecule has 0 aromatic heterocycles. The molecule has 0 radical (unpaired) electrons. The van der Waals surface area contributed by atoms with Gasteiger partial charge in [-0.3, -0.25) is 4.79 Å². The molecule has 13 heavy (non-hydrogen) atoms. The third-order valence-electron chi connectivity index (χ3n) is 3.43. The first-order valence-electron chi connectivity index (χ1n) is 5.20. The quantitative estimate of drug-likeness (QED) is 0.651. The van der Waals surface area contributed by atoms with Crippen molar-refractivity contribution in [2.45, 2.75) is 38.6 Å². The second-order valence-corrected chi connectivity index (χ2v) is 4.03. The van der Waals surface area contributed by atoms with Crippen molar-refractivity contribution in [1.82, 2.24) is 5.32 Å². The lowest BCUT2D eigenvalue weighted by atomic mass is 9.82. The van der Waals surface area contributed by atoms with Gasteiger partial charge in [0, 0.05) is 6.04 Å². The first kappa shape index (κ1) is 9.00. The zero-order valence-electron chi connectivity index (χ0n) is 8.14. The molecule has 0 spiro atoms. The van der Waals surface area contributed by atoms with E-state index in [9.17, 15) is 4.79 Å². The number of carbonyl (C=O) groups is 1. The molecule has 1 heterocycles. The van der Waals surface area contributed by atoms with Gasteiger partial charge >= 0.3 is 5.97 Å². The molecule has 3 nitrogen and oxygen atoms in total. The monoisotopic (exact) mass is 183 g/mol. The Kier molecular flexibility index (Phi) is 2.28. The molecule has 1 saturated heterocycles. The maximum Gasteiger partial charge on any atom is 0.313 e. The summed E-state index contributed by atoms with van der Waals surface area (Å²) in [6.07, 6.45) is 4.29. The maximum atomic E-state index is 11.8. The standard InChI is InChI=1S/C10H17NO2/c1-2-13-9(12)10-5-3-4-8(10)11-7-6-10/h8,11H,2-7H2,1H3.